The van der Waals surface area contributed by atoms with Crippen LogP contribution in [-0.4, -0.2) is 48.1 Å². The van der Waals surface area contributed by atoms with E-state index in [0.717, 1.165) is 69.9 Å². The highest BCUT2D eigenvalue weighted by atomic mass is 32.1. The molecule has 8 heteroatoms. The summed E-state index contributed by atoms with van der Waals surface area (Å²) in [6, 6.07) is 14.9. The molecule has 0 saturated carbocycles. The molecule has 37 heavy (non-hydrogen) atoms. The Kier molecular flexibility index (Phi) is 5.56. The van der Waals surface area contributed by atoms with Crippen molar-refractivity contribution in [3.63, 3.8) is 0 Å². The van der Waals surface area contributed by atoms with E-state index < -0.39 is 0 Å². The number of nitrogens with one attached hydrogen (secondary N) is 2. The zero-order valence-corrected chi connectivity index (χ0v) is 21.5. The lowest BCUT2D eigenvalue weighted by atomic mass is 10.1. The van der Waals surface area contributed by atoms with Crippen molar-refractivity contribution in [1.82, 2.24) is 35.0 Å². The number of para-hydroxylation sites is 1. The van der Waals surface area contributed by atoms with Gasteiger partial charge in [-0.15, -0.1) is 11.3 Å². The second kappa shape index (κ2) is 9.21. The number of hydrogen-bond donors (Lipinski definition) is 2. The largest absolute Gasteiger partial charge is 0.337 e. The number of imidazole rings is 1. The second-order valence-electron chi connectivity index (χ2n) is 9.80. The first-order chi connectivity index (χ1) is 18.2. The summed E-state index contributed by atoms with van der Waals surface area (Å²) in [6.07, 6.45) is 9.62. The van der Waals surface area contributed by atoms with Gasteiger partial charge in [0.05, 0.1) is 28.4 Å². The van der Waals surface area contributed by atoms with Crippen LogP contribution < -0.4 is 0 Å². The molecule has 0 atom stereocenters. The van der Waals surface area contributed by atoms with Gasteiger partial charge >= 0.3 is 0 Å². The first-order valence-electron chi connectivity index (χ1n) is 12.8. The zero-order valence-electron chi connectivity index (χ0n) is 20.7. The molecule has 6 aromatic rings. The Balaban J connectivity index is 1.26. The van der Waals surface area contributed by atoms with E-state index in [1.807, 2.05) is 18.6 Å². The molecule has 0 spiro atoms. The van der Waals surface area contributed by atoms with Gasteiger partial charge in [-0.1, -0.05) is 18.6 Å². The highest BCUT2D eigenvalue weighted by Gasteiger charge is 2.17. The van der Waals surface area contributed by atoms with Crippen LogP contribution in [0.4, 0.5) is 0 Å². The predicted octanol–water partition coefficient (Wildman–Crippen LogP) is 6.59. The van der Waals surface area contributed by atoms with Crippen molar-refractivity contribution in [2.75, 3.05) is 13.1 Å². The first kappa shape index (κ1) is 22.3. The molecule has 0 bridgehead atoms. The van der Waals surface area contributed by atoms with Gasteiger partial charge in [0.2, 0.25) is 0 Å². The molecule has 1 aliphatic rings. The van der Waals surface area contributed by atoms with Crippen LogP contribution in [0.5, 0.6) is 0 Å². The molecule has 0 amide bonds. The monoisotopic (exact) mass is 505 g/mol. The third-order valence-electron chi connectivity index (χ3n) is 7.14. The molecule has 1 aromatic carbocycles. The summed E-state index contributed by atoms with van der Waals surface area (Å²) < 4.78 is 0. The fourth-order valence-corrected chi connectivity index (χ4v) is 6.16. The average molecular weight is 506 g/mol. The molecule has 1 saturated heterocycles. The van der Waals surface area contributed by atoms with E-state index in [2.05, 4.69) is 74.5 Å². The summed E-state index contributed by atoms with van der Waals surface area (Å²) >= 11 is 1.78. The number of likely N-dealkylation sites (tertiary alicyclic amines) is 1. The number of aromatic nitrogens is 6. The molecule has 2 N–H and O–H groups in total. The van der Waals surface area contributed by atoms with Crippen molar-refractivity contribution in [2.24, 2.45) is 0 Å². The van der Waals surface area contributed by atoms with E-state index in [9.17, 15) is 0 Å². The second-order valence-corrected chi connectivity index (χ2v) is 11.1. The number of piperidine rings is 1. The van der Waals surface area contributed by atoms with Crippen LogP contribution in [0.25, 0.3) is 55.2 Å². The van der Waals surface area contributed by atoms with Gasteiger partial charge < -0.3 is 4.98 Å². The lowest BCUT2D eigenvalue weighted by Crippen LogP contribution is -2.29. The van der Waals surface area contributed by atoms with Gasteiger partial charge in [-0.05, 0) is 68.8 Å². The maximum absolute atomic E-state index is 5.00. The minimum absolute atomic E-state index is 0.746. The molecular weight excluding hydrogens is 478 g/mol. The molecule has 7 rings (SSSR count). The van der Waals surface area contributed by atoms with Crippen LogP contribution in [0.1, 0.15) is 29.7 Å². The minimum Gasteiger partial charge on any atom is -0.337 e. The fraction of sp³-hybridized carbons (Fsp3) is 0.241. The van der Waals surface area contributed by atoms with Crippen molar-refractivity contribution in [1.29, 1.82) is 0 Å². The Morgan fingerprint density at radius 3 is 2.76 bits per heavy atom. The summed E-state index contributed by atoms with van der Waals surface area (Å²) in [4.78, 5) is 22.8. The molecule has 6 heterocycles. The highest BCUT2D eigenvalue weighted by molar-refractivity contribution is 7.15. The number of aryl methyl sites for hydroxylation is 1. The predicted molar refractivity (Wildman–Crippen MR) is 149 cm³/mol. The van der Waals surface area contributed by atoms with Crippen molar-refractivity contribution in [2.45, 2.75) is 32.7 Å². The van der Waals surface area contributed by atoms with Gasteiger partial charge in [-0.3, -0.25) is 20.0 Å². The first-order valence-corrected chi connectivity index (χ1v) is 13.6. The summed E-state index contributed by atoms with van der Waals surface area (Å²) in [5.41, 5.74) is 7.89. The van der Waals surface area contributed by atoms with Crippen LogP contribution in [-0.2, 0) is 6.54 Å². The van der Waals surface area contributed by atoms with Gasteiger partial charge in [0.15, 0.2) is 5.82 Å². The van der Waals surface area contributed by atoms with E-state index in [-0.39, 0.29) is 0 Å². The Morgan fingerprint density at radius 2 is 1.89 bits per heavy atom. The molecule has 7 nitrogen and oxygen atoms in total. The summed E-state index contributed by atoms with van der Waals surface area (Å²) in [7, 11) is 0. The molecule has 1 fully saturated rings. The Hall–Kier alpha value is -3.88. The summed E-state index contributed by atoms with van der Waals surface area (Å²) in [6.45, 7) is 5.39. The number of hydrogen-bond acceptors (Lipinski definition) is 6. The standard InChI is InChI=1S/C29H27N7S/c1-18-8-9-26(37-18)21-6-5-7-23-27(21)33-29(32-23)28-22-13-24(31-16-25(22)34-35-28)20-12-19(14-30-15-20)17-36-10-3-2-4-11-36/h5-9,12-16H,2-4,10-11,17H2,1H3,(H,32,33)(H,34,35). The third-order valence-corrected chi connectivity index (χ3v) is 8.17. The normalized spacial score (nSPS) is 14.6. The number of H-pyrrole nitrogens is 2. The van der Waals surface area contributed by atoms with Gasteiger partial charge in [0, 0.05) is 45.2 Å². The maximum Gasteiger partial charge on any atom is 0.159 e. The van der Waals surface area contributed by atoms with Crippen molar-refractivity contribution < 1.29 is 0 Å². The highest BCUT2D eigenvalue weighted by Crippen LogP contribution is 2.35. The molecule has 0 radical (unpaired) electrons. The van der Waals surface area contributed by atoms with E-state index >= 15 is 0 Å². The van der Waals surface area contributed by atoms with Gasteiger partial charge in [-0.2, -0.15) is 5.10 Å². The number of aromatic amines is 2. The number of nitrogens with zero attached hydrogens (tertiary/aromatic N) is 5. The van der Waals surface area contributed by atoms with Crippen molar-refractivity contribution in [3.05, 3.63) is 71.5 Å². The molecule has 5 aromatic heterocycles. The molecule has 1 aliphatic heterocycles. The van der Waals surface area contributed by atoms with Gasteiger partial charge in [-0.25, -0.2) is 4.98 Å². The smallest absolute Gasteiger partial charge is 0.159 e. The quantitative estimate of drug-likeness (QED) is 0.276. The number of benzene rings is 1. The SMILES string of the molecule is Cc1ccc(-c2cccc3[nH]c(-c4n[nH]c5cnc(-c6cncc(CN7CCCCC7)c6)cc45)nc23)s1. The van der Waals surface area contributed by atoms with E-state index in [1.165, 1.54) is 34.6 Å². The average Bonchev–Trinajstić information content (AvgIpc) is 3.66. The number of pyridine rings is 2. The number of rotatable bonds is 5. The van der Waals surface area contributed by atoms with Crippen molar-refractivity contribution >= 4 is 33.3 Å². The Morgan fingerprint density at radius 1 is 0.973 bits per heavy atom. The molecular formula is C29H27N7S. The Bertz CT molecular complexity index is 1720. The number of fused-ring (bicyclic) bond motifs is 2. The van der Waals surface area contributed by atoms with E-state index in [0.29, 0.717) is 0 Å². The summed E-state index contributed by atoms with van der Waals surface area (Å²) in [5, 5.41) is 8.74. The lowest BCUT2D eigenvalue weighted by molar-refractivity contribution is 0.220. The topological polar surface area (TPSA) is 86.4 Å². The van der Waals surface area contributed by atoms with Crippen LogP contribution in [0.2, 0.25) is 0 Å². The maximum atomic E-state index is 5.00. The van der Waals surface area contributed by atoms with Crippen LogP contribution in [0.15, 0.2) is 61.1 Å². The van der Waals surface area contributed by atoms with Crippen LogP contribution in [0, 0.1) is 6.92 Å². The summed E-state index contributed by atoms with van der Waals surface area (Å²) in [5.74, 6) is 0.746. The molecule has 0 aliphatic carbocycles. The third kappa shape index (κ3) is 4.22. The fourth-order valence-electron chi connectivity index (χ4n) is 5.27. The van der Waals surface area contributed by atoms with Gasteiger partial charge in [0.25, 0.3) is 0 Å². The lowest BCUT2D eigenvalue weighted by Gasteiger charge is -2.26. The molecule has 0 unspecified atom stereocenters. The zero-order chi connectivity index (χ0) is 24.8. The van der Waals surface area contributed by atoms with Gasteiger partial charge in [0.1, 0.15) is 5.69 Å². The Labute approximate surface area is 218 Å². The molecule has 184 valence electrons. The van der Waals surface area contributed by atoms with Crippen molar-refractivity contribution in [3.8, 4) is 33.2 Å². The van der Waals surface area contributed by atoms with E-state index in [1.54, 1.807) is 11.3 Å². The number of thiophene rings is 1. The van der Waals surface area contributed by atoms with E-state index in [4.69, 9.17) is 9.97 Å². The minimum atomic E-state index is 0.746. The van der Waals surface area contributed by atoms with Crippen LogP contribution >= 0.6 is 11.3 Å². The van der Waals surface area contributed by atoms with Crippen LogP contribution in [0.3, 0.4) is 0 Å².